The van der Waals surface area contributed by atoms with Gasteiger partial charge in [0.25, 0.3) is 0 Å². The maximum atomic E-state index is 5.61. The molecule has 0 aliphatic rings. The molecular formula is C14H22N2S. The molecule has 1 aromatic rings. The summed E-state index contributed by atoms with van der Waals surface area (Å²) in [7, 11) is 0. The lowest BCUT2D eigenvalue weighted by molar-refractivity contribution is 0.494. The number of hydrogen-bond donors (Lipinski definition) is 2. The lowest BCUT2D eigenvalue weighted by Gasteiger charge is -2.22. The molecule has 2 atom stereocenters. The molecule has 17 heavy (non-hydrogen) atoms. The highest BCUT2D eigenvalue weighted by molar-refractivity contribution is 7.80. The Kier molecular flexibility index (Phi) is 4.94. The van der Waals surface area contributed by atoms with Gasteiger partial charge in [0.1, 0.15) is 4.99 Å². The summed E-state index contributed by atoms with van der Waals surface area (Å²) in [6, 6.07) is 6.53. The third-order valence-corrected chi connectivity index (χ3v) is 3.63. The van der Waals surface area contributed by atoms with E-state index in [0.717, 1.165) is 11.3 Å². The molecule has 0 amide bonds. The van der Waals surface area contributed by atoms with Gasteiger partial charge in [0.2, 0.25) is 0 Å². The van der Waals surface area contributed by atoms with Crippen LogP contribution < -0.4 is 11.1 Å². The van der Waals surface area contributed by atoms with Gasteiger partial charge < -0.3 is 11.1 Å². The van der Waals surface area contributed by atoms with Crippen LogP contribution in [0, 0.1) is 12.8 Å². The molecule has 0 aliphatic carbocycles. The van der Waals surface area contributed by atoms with E-state index in [2.05, 4.69) is 39.1 Å². The van der Waals surface area contributed by atoms with E-state index in [1.165, 1.54) is 12.0 Å². The van der Waals surface area contributed by atoms with Gasteiger partial charge in [0.05, 0.1) is 0 Å². The third-order valence-electron chi connectivity index (χ3n) is 3.39. The zero-order valence-corrected chi connectivity index (χ0v) is 11.9. The monoisotopic (exact) mass is 250 g/mol. The number of nitrogens with two attached hydrogens (primary N) is 1. The standard InChI is InChI=1S/C14H22N2S/c1-5-9(2)11(4)16-13-7-6-12(14(15)17)8-10(13)3/h6-9,11,16H,5H2,1-4H3,(H2,15,17). The fraction of sp³-hybridized carbons (Fsp3) is 0.500. The maximum Gasteiger partial charge on any atom is 0.103 e. The summed E-state index contributed by atoms with van der Waals surface area (Å²) in [4.78, 5) is 0.453. The maximum absolute atomic E-state index is 5.61. The van der Waals surface area contributed by atoms with E-state index in [1.54, 1.807) is 0 Å². The summed E-state index contributed by atoms with van der Waals surface area (Å²) in [5, 5.41) is 3.54. The zero-order valence-electron chi connectivity index (χ0n) is 11.1. The molecule has 2 unspecified atom stereocenters. The second kappa shape index (κ2) is 6.01. The van der Waals surface area contributed by atoms with E-state index >= 15 is 0 Å². The van der Waals surface area contributed by atoms with Gasteiger partial charge in [-0.25, -0.2) is 0 Å². The molecule has 0 bridgehead atoms. The molecule has 0 heterocycles. The zero-order chi connectivity index (χ0) is 13.0. The minimum Gasteiger partial charge on any atom is -0.389 e. The molecule has 1 rings (SSSR count). The number of aryl methyl sites for hydroxylation is 1. The predicted molar refractivity (Wildman–Crippen MR) is 79.6 cm³/mol. The molecule has 0 fully saturated rings. The van der Waals surface area contributed by atoms with E-state index < -0.39 is 0 Å². The van der Waals surface area contributed by atoms with Crippen LogP contribution in [0.25, 0.3) is 0 Å². The highest BCUT2D eigenvalue weighted by atomic mass is 32.1. The number of nitrogens with one attached hydrogen (secondary N) is 1. The number of benzene rings is 1. The summed E-state index contributed by atoms with van der Waals surface area (Å²) in [6.07, 6.45) is 1.18. The van der Waals surface area contributed by atoms with Gasteiger partial charge in [-0.05, 0) is 43.5 Å². The molecule has 0 aliphatic heterocycles. The Hall–Kier alpha value is -1.09. The molecular weight excluding hydrogens is 228 g/mol. The van der Waals surface area contributed by atoms with Crippen LogP contribution in [-0.2, 0) is 0 Å². The van der Waals surface area contributed by atoms with Crippen molar-refractivity contribution in [3.63, 3.8) is 0 Å². The molecule has 94 valence electrons. The number of thiocarbonyl (C=S) groups is 1. The first-order valence-corrected chi connectivity index (χ1v) is 6.53. The first kappa shape index (κ1) is 14.0. The average molecular weight is 250 g/mol. The van der Waals surface area contributed by atoms with Crippen LogP contribution in [-0.4, -0.2) is 11.0 Å². The Morgan fingerprint density at radius 1 is 1.41 bits per heavy atom. The highest BCUT2D eigenvalue weighted by Crippen LogP contribution is 2.20. The molecule has 0 spiro atoms. The summed E-state index contributed by atoms with van der Waals surface area (Å²) in [6.45, 7) is 8.77. The van der Waals surface area contributed by atoms with Crippen LogP contribution >= 0.6 is 12.2 Å². The van der Waals surface area contributed by atoms with E-state index in [4.69, 9.17) is 18.0 Å². The van der Waals surface area contributed by atoms with Crippen LogP contribution in [0.2, 0.25) is 0 Å². The summed E-state index contributed by atoms with van der Waals surface area (Å²) >= 11 is 4.97. The summed E-state index contributed by atoms with van der Waals surface area (Å²) in [5.74, 6) is 0.657. The highest BCUT2D eigenvalue weighted by Gasteiger charge is 2.11. The number of hydrogen-bond acceptors (Lipinski definition) is 2. The molecule has 0 saturated carbocycles. The Labute approximate surface area is 110 Å². The fourth-order valence-electron chi connectivity index (χ4n) is 1.72. The van der Waals surface area contributed by atoms with Crippen LogP contribution in [0.1, 0.15) is 38.3 Å². The number of anilines is 1. The third kappa shape index (κ3) is 3.70. The van der Waals surface area contributed by atoms with E-state index in [-0.39, 0.29) is 0 Å². The Morgan fingerprint density at radius 2 is 2.06 bits per heavy atom. The van der Waals surface area contributed by atoms with Crippen molar-refractivity contribution in [1.29, 1.82) is 0 Å². The van der Waals surface area contributed by atoms with Crippen molar-refractivity contribution in [3.05, 3.63) is 29.3 Å². The summed E-state index contributed by atoms with van der Waals surface area (Å²) in [5.41, 5.74) is 8.89. The fourth-order valence-corrected chi connectivity index (χ4v) is 1.85. The van der Waals surface area contributed by atoms with Gasteiger partial charge >= 0.3 is 0 Å². The SMILES string of the molecule is CCC(C)C(C)Nc1ccc(C(N)=S)cc1C. The molecule has 3 heteroatoms. The van der Waals surface area contributed by atoms with Gasteiger partial charge in [-0.3, -0.25) is 0 Å². The van der Waals surface area contributed by atoms with Gasteiger partial charge in [-0.2, -0.15) is 0 Å². The van der Waals surface area contributed by atoms with Crippen LogP contribution in [0.3, 0.4) is 0 Å². The molecule has 0 aromatic heterocycles. The van der Waals surface area contributed by atoms with Crippen LogP contribution in [0.5, 0.6) is 0 Å². The van der Waals surface area contributed by atoms with Gasteiger partial charge in [-0.1, -0.05) is 32.5 Å². The van der Waals surface area contributed by atoms with Crippen molar-refractivity contribution < 1.29 is 0 Å². The molecule has 0 saturated heterocycles. The Morgan fingerprint density at radius 3 is 2.53 bits per heavy atom. The largest absolute Gasteiger partial charge is 0.389 e. The van der Waals surface area contributed by atoms with E-state index in [0.29, 0.717) is 16.9 Å². The van der Waals surface area contributed by atoms with Gasteiger partial charge in [0, 0.05) is 17.3 Å². The predicted octanol–water partition coefficient (Wildman–Crippen LogP) is 3.48. The van der Waals surface area contributed by atoms with Crippen molar-refractivity contribution in [2.45, 2.75) is 40.2 Å². The number of rotatable bonds is 5. The normalized spacial score (nSPS) is 14.1. The Balaban J connectivity index is 2.82. The van der Waals surface area contributed by atoms with Crippen molar-refractivity contribution in [2.24, 2.45) is 11.7 Å². The smallest absolute Gasteiger partial charge is 0.103 e. The van der Waals surface area contributed by atoms with Gasteiger partial charge in [-0.15, -0.1) is 0 Å². The lowest BCUT2D eigenvalue weighted by atomic mass is 10.00. The van der Waals surface area contributed by atoms with E-state index in [9.17, 15) is 0 Å². The molecule has 0 radical (unpaired) electrons. The molecule has 2 nitrogen and oxygen atoms in total. The minimum atomic E-state index is 0.453. The Bertz CT molecular complexity index is 401. The van der Waals surface area contributed by atoms with Crippen molar-refractivity contribution in [2.75, 3.05) is 5.32 Å². The first-order valence-electron chi connectivity index (χ1n) is 6.12. The molecule has 1 aromatic carbocycles. The van der Waals surface area contributed by atoms with Crippen LogP contribution in [0.4, 0.5) is 5.69 Å². The van der Waals surface area contributed by atoms with E-state index in [1.807, 2.05) is 12.1 Å². The second-order valence-electron chi connectivity index (χ2n) is 4.71. The van der Waals surface area contributed by atoms with Crippen molar-refractivity contribution in [1.82, 2.24) is 0 Å². The van der Waals surface area contributed by atoms with Crippen LogP contribution in [0.15, 0.2) is 18.2 Å². The topological polar surface area (TPSA) is 38.0 Å². The average Bonchev–Trinajstić information content (AvgIpc) is 2.30. The lowest BCUT2D eigenvalue weighted by Crippen LogP contribution is -2.23. The van der Waals surface area contributed by atoms with Crippen molar-refractivity contribution >= 4 is 22.9 Å². The minimum absolute atomic E-state index is 0.453. The first-order chi connectivity index (χ1) is 7.95. The van der Waals surface area contributed by atoms with Crippen molar-refractivity contribution in [3.8, 4) is 0 Å². The summed E-state index contributed by atoms with van der Waals surface area (Å²) < 4.78 is 0. The second-order valence-corrected chi connectivity index (χ2v) is 5.15. The van der Waals surface area contributed by atoms with Gasteiger partial charge in [0.15, 0.2) is 0 Å². The molecule has 3 N–H and O–H groups in total. The quantitative estimate of drug-likeness (QED) is 0.786.